The molecule has 0 radical (unpaired) electrons. The van der Waals surface area contributed by atoms with E-state index in [9.17, 15) is 10.1 Å². The molecule has 0 aliphatic carbocycles. The van der Waals surface area contributed by atoms with Crippen molar-refractivity contribution in [1.82, 2.24) is 25.0 Å². The van der Waals surface area contributed by atoms with E-state index < -0.39 is 0 Å². The molecule has 0 aliphatic rings. The van der Waals surface area contributed by atoms with Crippen LogP contribution >= 0.6 is 24.0 Å². The molecule has 0 aliphatic heterocycles. The summed E-state index contributed by atoms with van der Waals surface area (Å²) >= 11 is 0. The lowest BCUT2D eigenvalue weighted by atomic mass is 10.1. The van der Waals surface area contributed by atoms with Gasteiger partial charge in [-0.2, -0.15) is 5.10 Å². The number of hydrogen-bond acceptors (Lipinski definition) is 5. The molecule has 10 heteroatoms. The summed E-state index contributed by atoms with van der Waals surface area (Å²) in [6, 6.07) is 6.74. The SMILES string of the molecule is CN=C(NCCCCc1ccc([N+](=O)[O-])cc1)N(C)Cc1ncnn1C.I. The highest BCUT2D eigenvalue weighted by molar-refractivity contribution is 14.0. The zero-order chi connectivity index (χ0) is 18.9. The van der Waals surface area contributed by atoms with Crippen LogP contribution in [0.2, 0.25) is 0 Å². The number of aryl methyl sites for hydroxylation is 2. The van der Waals surface area contributed by atoms with Gasteiger partial charge >= 0.3 is 0 Å². The fourth-order valence-electron chi connectivity index (χ4n) is 2.57. The zero-order valence-electron chi connectivity index (χ0n) is 15.8. The van der Waals surface area contributed by atoms with Gasteiger partial charge in [0.15, 0.2) is 5.96 Å². The number of aromatic nitrogens is 3. The monoisotopic (exact) mass is 487 g/mol. The van der Waals surface area contributed by atoms with E-state index in [2.05, 4.69) is 20.4 Å². The van der Waals surface area contributed by atoms with Crippen molar-refractivity contribution >= 4 is 35.6 Å². The molecule has 0 unspecified atom stereocenters. The molecule has 0 spiro atoms. The van der Waals surface area contributed by atoms with E-state index in [0.29, 0.717) is 6.54 Å². The summed E-state index contributed by atoms with van der Waals surface area (Å²) in [5.74, 6) is 1.68. The number of unbranched alkanes of at least 4 members (excludes halogenated alkanes) is 1. The van der Waals surface area contributed by atoms with Crippen molar-refractivity contribution in [3.05, 3.63) is 52.1 Å². The molecule has 9 nitrogen and oxygen atoms in total. The molecule has 27 heavy (non-hydrogen) atoms. The third-order valence-electron chi connectivity index (χ3n) is 4.08. The number of nitrogens with one attached hydrogen (secondary N) is 1. The normalized spacial score (nSPS) is 11.0. The Labute approximate surface area is 176 Å². The lowest BCUT2D eigenvalue weighted by Crippen LogP contribution is -2.39. The maximum Gasteiger partial charge on any atom is 0.269 e. The molecular formula is C17H26IN7O2. The van der Waals surface area contributed by atoms with Crippen molar-refractivity contribution in [1.29, 1.82) is 0 Å². The summed E-state index contributed by atoms with van der Waals surface area (Å²) in [5, 5.41) is 18.1. The van der Waals surface area contributed by atoms with Gasteiger partial charge in [0, 0.05) is 39.8 Å². The highest BCUT2D eigenvalue weighted by Crippen LogP contribution is 2.13. The van der Waals surface area contributed by atoms with Crippen molar-refractivity contribution < 1.29 is 4.92 Å². The summed E-state index contributed by atoms with van der Waals surface area (Å²) in [6.45, 7) is 1.43. The fraction of sp³-hybridized carbons (Fsp3) is 0.471. The summed E-state index contributed by atoms with van der Waals surface area (Å²) in [5.41, 5.74) is 1.24. The molecule has 2 rings (SSSR count). The Morgan fingerprint density at radius 2 is 2.04 bits per heavy atom. The van der Waals surface area contributed by atoms with Gasteiger partial charge in [-0.15, -0.1) is 24.0 Å². The van der Waals surface area contributed by atoms with E-state index in [0.717, 1.165) is 43.2 Å². The van der Waals surface area contributed by atoms with Crippen LogP contribution in [0.15, 0.2) is 35.6 Å². The van der Waals surface area contributed by atoms with Gasteiger partial charge in [0.2, 0.25) is 0 Å². The van der Waals surface area contributed by atoms with Crippen LogP contribution in [0.5, 0.6) is 0 Å². The minimum atomic E-state index is -0.378. The number of nitrogens with zero attached hydrogens (tertiary/aromatic N) is 6. The Morgan fingerprint density at radius 3 is 2.59 bits per heavy atom. The van der Waals surface area contributed by atoms with Gasteiger partial charge in [-0.1, -0.05) is 12.1 Å². The van der Waals surface area contributed by atoms with E-state index in [-0.39, 0.29) is 34.6 Å². The summed E-state index contributed by atoms with van der Waals surface area (Å²) in [4.78, 5) is 20.8. The van der Waals surface area contributed by atoms with E-state index >= 15 is 0 Å². The first kappa shape index (κ1) is 22.8. The molecule has 2 aromatic rings. The largest absolute Gasteiger partial charge is 0.356 e. The van der Waals surface area contributed by atoms with E-state index in [1.165, 1.54) is 6.33 Å². The quantitative estimate of drug-likeness (QED) is 0.153. The maximum atomic E-state index is 10.7. The van der Waals surface area contributed by atoms with Crippen molar-refractivity contribution in [2.24, 2.45) is 12.0 Å². The highest BCUT2D eigenvalue weighted by Gasteiger charge is 2.09. The first-order valence-corrected chi connectivity index (χ1v) is 8.49. The van der Waals surface area contributed by atoms with Gasteiger partial charge in [0.1, 0.15) is 12.2 Å². The number of nitro groups is 1. The number of nitro benzene ring substituents is 1. The number of benzene rings is 1. The maximum absolute atomic E-state index is 10.7. The molecule has 1 aromatic heterocycles. The second-order valence-electron chi connectivity index (χ2n) is 6.01. The molecule has 1 aromatic carbocycles. The Morgan fingerprint density at radius 1 is 1.33 bits per heavy atom. The first-order chi connectivity index (χ1) is 12.5. The van der Waals surface area contributed by atoms with Crippen LogP contribution in [0.4, 0.5) is 5.69 Å². The van der Waals surface area contributed by atoms with Crippen LogP contribution in [0.25, 0.3) is 0 Å². The smallest absolute Gasteiger partial charge is 0.269 e. The number of non-ortho nitro benzene ring substituents is 1. The van der Waals surface area contributed by atoms with Crippen molar-refractivity contribution in [2.45, 2.75) is 25.8 Å². The van der Waals surface area contributed by atoms with Gasteiger partial charge in [-0.25, -0.2) is 4.98 Å². The fourth-order valence-corrected chi connectivity index (χ4v) is 2.57. The Kier molecular flexibility index (Phi) is 9.68. The summed E-state index contributed by atoms with van der Waals surface area (Å²) in [7, 11) is 5.58. The second-order valence-corrected chi connectivity index (χ2v) is 6.01. The molecule has 0 atom stereocenters. The summed E-state index contributed by atoms with van der Waals surface area (Å²) < 4.78 is 1.74. The Hall–Kier alpha value is -2.24. The Balaban J connectivity index is 0.00000364. The molecule has 0 bridgehead atoms. The average Bonchev–Trinajstić information content (AvgIpc) is 3.03. The topological polar surface area (TPSA) is 101 Å². The first-order valence-electron chi connectivity index (χ1n) is 8.49. The van der Waals surface area contributed by atoms with Crippen molar-refractivity contribution in [3.63, 3.8) is 0 Å². The minimum Gasteiger partial charge on any atom is -0.356 e. The van der Waals surface area contributed by atoms with E-state index in [1.54, 1.807) is 23.9 Å². The molecule has 1 heterocycles. The average molecular weight is 487 g/mol. The molecule has 0 amide bonds. The minimum absolute atomic E-state index is 0. The van der Waals surface area contributed by atoms with Crippen LogP contribution in [0.1, 0.15) is 24.2 Å². The van der Waals surface area contributed by atoms with Crippen LogP contribution in [0, 0.1) is 10.1 Å². The van der Waals surface area contributed by atoms with Crippen molar-refractivity contribution in [2.75, 3.05) is 20.6 Å². The van der Waals surface area contributed by atoms with Gasteiger partial charge < -0.3 is 10.2 Å². The van der Waals surface area contributed by atoms with Gasteiger partial charge in [0.25, 0.3) is 5.69 Å². The molecule has 0 fully saturated rings. The predicted molar refractivity (Wildman–Crippen MR) is 115 cm³/mol. The predicted octanol–water partition coefficient (Wildman–Crippen LogP) is 2.37. The Bertz CT molecular complexity index is 746. The third kappa shape index (κ3) is 7.12. The standard InChI is InChI=1S/C17H25N7O2.HI/c1-18-17(22(2)12-16-20-13-21-23(16)3)19-11-5-4-6-14-7-9-15(10-8-14)24(25)26;/h7-10,13H,4-6,11-12H2,1-3H3,(H,18,19);1H. The lowest BCUT2D eigenvalue weighted by molar-refractivity contribution is -0.384. The molecule has 0 saturated carbocycles. The van der Waals surface area contributed by atoms with Gasteiger partial charge in [0.05, 0.1) is 11.5 Å². The third-order valence-corrected chi connectivity index (χ3v) is 4.08. The lowest BCUT2D eigenvalue weighted by Gasteiger charge is -2.21. The highest BCUT2D eigenvalue weighted by atomic mass is 127. The molecule has 148 valence electrons. The zero-order valence-corrected chi connectivity index (χ0v) is 18.2. The number of aliphatic imine (C=N–C) groups is 1. The van der Waals surface area contributed by atoms with Crippen LogP contribution < -0.4 is 5.32 Å². The number of hydrogen-bond donors (Lipinski definition) is 1. The number of guanidine groups is 1. The second kappa shape index (κ2) is 11.5. The molecule has 1 N–H and O–H groups in total. The number of rotatable bonds is 8. The van der Waals surface area contributed by atoms with Gasteiger partial charge in [-0.3, -0.25) is 19.8 Å². The van der Waals surface area contributed by atoms with E-state index in [1.807, 2.05) is 31.1 Å². The van der Waals surface area contributed by atoms with Gasteiger partial charge in [-0.05, 0) is 24.8 Å². The van der Waals surface area contributed by atoms with Crippen LogP contribution in [-0.4, -0.2) is 51.2 Å². The van der Waals surface area contributed by atoms with Crippen LogP contribution in [-0.2, 0) is 20.0 Å². The molecular weight excluding hydrogens is 461 g/mol. The number of halogens is 1. The summed E-state index contributed by atoms with van der Waals surface area (Å²) in [6.07, 6.45) is 4.41. The molecule has 0 saturated heterocycles. The van der Waals surface area contributed by atoms with Crippen molar-refractivity contribution in [3.8, 4) is 0 Å². The van der Waals surface area contributed by atoms with E-state index in [4.69, 9.17) is 0 Å². The van der Waals surface area contributed by atoms with Crippen LogP contribution in [0.3, 0.4) is 0 Å².